The monoisotopic (exact) mass is 371 g/mol. The molecule has 0 spiro atoms. The quantitative estimate of drug-likeness (QED) is 0.425. The zero-order valence-electron chi connectivity index (χ0n) is 12.0. The lowest BCUT2D eigenvalue weighted by atomic mass is 10.2. The van der Waals surface area contributed by atoms with Gasteiger partial charge in [0.05, 0.1) is 22.9 Å². The number of esters is 1. The summed E-state index contributed by atoms with van der Waals surface area (Å²) in [4.78, 5) is 23.6. The lowest BCUT2D eigenvalue weighted by molar-refractivity contribution is -0.158. The summed E-state index contributed by atoms with van der Waals surface area (Å²) in [6, 6.07) is -0.695. The van der Waals surface area contributed by atoms with Crippen LogP contribution >= 0.6 is 22.9 Å². The molecule has 0 aromatic rings. The van der Waals surface area contributed by atoms with Gasteiger partial charge in [-0.05, 0) is 48.5 Å². The van der Waals surface area contributed by atoms with Gasteiger partial charge in [-0.2, -0.15) is 0 Å². The van der Waals surface area contributed by atoms with Crippen LogP contribution in [0.1, 0.15) is 48.5 Å². The van der Waals surface area contributed by atoms with E-state index in [0.717, 1.165) is 0 Å². The van der Waals surface area contributed by atoms with Gasteiger partial charge in [0.2, 0.25) is 0 Å². The minimum absolute atomic E-state index is 0.456. The van der Waals surface area contributed by atoms with Crippen LogP contribution in [0.2, 0.25) is 0 Å². The van der Waals surface area contributed by atoms with E-state index >= 15 is 0 Å². The lowest BCUT2D eigenvalue weighted by Crippen LogP contribution is -2.42. The van der Waals surface area contributed by atoms with Crippen LogP contribution in [-0.2, 0) is 14.3 Å². The van der Waals surface area contributed by atoms with E-state index in [1.165, 1.54) is 3.11 Å². The Morgan fingerprint density at radius 3 is 1.72 bits per heavy atom. The van der Waals surface area contributed by atoms with E-state index in [0.29, 0.717) is 0 Å². The van der Waals surface area contributed by atoms with Crippen molar-refractivity contribution in [1.82, 2.24) is 3.11 Å². The van der Waals surface area contributed by atoms with Crippen LogP contribution in [0.4, 0.5) is 4.79 Å². The van der Waals surface area contributed by atoms with E-state index in [2.05, 4.69) is 0 Å². The first kappa shape index (κ1) is 17.5. The molecule has 0 aliphatic heterocycles. The SMILES string of the molecule is C[C@@H](C(=O)OC(C)(C)C)N(I)C(=O)OC(C)(C)C. The number of halogens is 1. The summed E-state index contributed by atoms with van der Waals surface area (Å²) < 4.78 is 11.6. The van der Waals surface area contributed by atoms with Gasteiger partial charge in [0.1, 0.15) is 17.2 Å². The topological polar surface area (TPSA) is 55.8 Å². The van der Waals surface area contributed by atoms with Gasteiger partial charge in [0, 0.05) is 0 Å². The smallest absolute Gasteiger partial charge is 0.419 e. The van der Waals surface area contributed by atoms with Gasteiger partial charge in [0.15, 0.2) is 0 Å². The molecule has 0 aliphatic rings. The van der Waals surface area contributed by atoms with Gasteiger partial charge in [-0.25, -0.2) is 12.7 Å². The van der Waals surface area contributed by atoms with Crippen molar-refractivity contribution in [1.29, 1.82) is 0 Å². The van der Waals surface area contributed by atoms with Crippen LogP contribution in [0.3, 0.4) is 0 Å². The van der Waals surface area contributed by atoms with E-state index < -0.39 is 29.3 Å². The molecule has 0 radical (unpaired) electrons. The molecule has 0 aromatic carbocycles. The second-order valence-electron chi connectivity index (χ2n) is 6.00. The molecule has 6 heteroatoms. The lowest BCUT2D eigenvalue weighted by Gasteiger charge is -2.28. The molecule has 0 bridgehead atoms. The maximum absolute atomic E-state index is 11.8. The summed E-state index contributed by atoms with van der Waals surface area (Å²) in [6.07, 6.45) is -0.554. The number of ether oxygens (including phenoxy) is 2. The van der Waals surface area contributed by atoms with Gasteiger partial charge >= 0.3 is 12.1 Å². The average Bonchev–Trinajstić information content (AvgIpc) is 2.09. The van der Waals surface area contributed by atoms with E-state index in [-0.39, 0.29) is 0 Å². The van der Waals surface area contributed by atoms with Crippen LogP contribution in [0.25, 0.3) is 0 Å². The number of rotatable bonds is 2. The Kier molecular flexibility index (Phi) is 5.90. The molecule has 0 aliphatic carbocycles. The molecule has 0 N–H and O–H groups in total. The van der Waals surface area contributed by atoms with Crippen LogP contribution in [-0.4, -0.2) is 32.4 Å². The average molecular weight is 371 g/mol. The third-order valence-electron chi connectivity index (χ3n) is 1.66. The maximum Gasteiger partial charge on any atom is 0.419 e. The highest BCUT2D eigenvalue weighted by Crippen LogP contribution is 2.18. The van der Waals surface area contributed by atoms with Gasteiger partial charge in [-0.1, -0.05) is 0 Å². The number of carbonyl (C=O) groups excluding carboxylic acids is 2. The fraction of sp³-hybridized carbons (Fsp3) is 0.833. The van der Waals surface area contributed by atoms with Gasteiger partial charge in [0.25, 0.3) is 0 Å². The predicted molar refractivity (Wildman–Crippen MR) is 77.4 cm³/mol. The fourth-order valence-electron chi connectivity index (χ4n) is 0.943. The number of hydrogen-bond acceptors (Lipinski definition) is 4. The van der Waals surface area contributed by atoms with Gasteiger partial charge in [-0.15, -0.1) is 0 Å². The fourth-order valence-corrected chi connectivity index (χ4v) is 1.27. The maximum atomic E-state index is 11.8. The predicted octanol–water partition coefficient (Wildman–Crippen LogP) is 3.30. The molecular weight excluding hydrogens is 349 g/mol. The molecule has 0 unspecified atom stereocenters. The minimum atomic E-state index is -0.695. The molecule has 0 fully saturated rings. The van der Waals surface area contributed by atoms with Crippen molar-refractivity contribution in [2.24, 2.45) is 0 Å². The number of carbonyl (C=O) groups is 2. The van der Waals surface area contributed by atoms with Crippen molar-refractivity contribution < 1.29 is 19.1 Å². The highest BCUT2D eigenvalue weighted by molar-refractivity contribution is 14.1. The van der Waals surface area contributed by atoms with Crippen molar-refractivity contribution in [2.45, 2.75) is 65.7 Å². The summed E-state index contributed by atoms with van der Waals surface area (Å²) >= 11 is 1.76. The van der Waals surface area contributed by atoms with Crippen molar-refractivity contribution in [2.75, 3.05) is 0 Å². The summed E-state index contributed by atoms with van der Waals surface area (Å²) in [6.45, 7) is 12.3. The second-order valence-corrected chi connectivity index (χ2v) is 7.04. The Labute approximate surface area is 123 Å². The van der Waals surface area contributed by atoms with Crippen molar-refractivity contribution in [3.05, 3.63) is 0 Å². The summed E-state index contributed by atoms with van der Waals surface area (Å²) in [5.41, 5.74) is -1.16. The molecule has 0 saturated carbocycles. The first-order valence-corrected chi connectivity index (χ1v) is 6.71. The summed E-state index contributed by atoms with van der Waals surface area (Å²) in [5.74, 6) is -0.456. The molecular formula is C12H22INO4. The molecule has 5 nitrogen and oxygen atoms in total. The zero-order valence-corrected chi connectivity index (χ0v) is 14.2. The Bertz CT molecular complexity index is 285. The van der Waals surface area contributed by atoms with Crippen LogP contribution in [0.15, 0.2) is 0 Å². The largest absolute Gasteiger partial charge is 0.458 e. The molecule has 1 atom stereocenters. The van der Waals surface area contributed by atoms with Crippen molar-refractivity contribution in [3.8, 4) is 0 Å². The molecule has 1 amide bonds. The molecule has 0 rings (SSSR count). The molecule has 106 valence electrons. The standard InChI is InChI=1S/C12H22INO4/c1-8(9(15)17-11(2,3)4)14(13)10(16)18-12(5,6)7/h8H,1-7H3/t8-/m0/s1. The Morgan fingerprint density at radius 2 is 1.39 bits per heavy atom. The Hall–Kier alpha value is -0.530. The second kappa shape index (κ2) is 6.08. The van der Waals surface area contributed by atoms with E-state index in [4.69, 9.17) is 9.47 Å². The number of amides is 1. The number of hydrogen-bond donors (Lipinski definition) is 0. The van der Waals surface area contributed by atoms with Gasteiger partial charge < -0.3 is 9.47 Å². The van der Waals surface area contributed by atoms with Crippen molar-refractivity contribution in [3.63, 3.8) is 0 Å². The molecule has 0 aromatic heterocycles. The molecule has 0 heterocycles. The summed E-state index contributed by atoms with van der Waals surface area (Å²) in [7, 11) is 0. The minimum Gasteiger partial charge on any atom is -0.458 e. The normalized spacial score (nSPS) is 13.8. The van der Waals surface area contributed by atoms with E-state index in [9.17, 15) is 9.59 Å². The molecule has 0 saturated heterocycles. The van der Waals surface area contributed by atoms with Gasteiger partial charge in [-0.3, -0.25) is 0 Å². The first-order chi connectivity index (χ1) is 7.83. The van der Waals surface area contributed by atoms with E-state index in [1.54, 1.807) is 71.3 Å². The third kappa shape index (κ3) is 7.03. The van der Waals surface area contributed by atoms with Crippen LogP contribution in [0.5, 0.6) is 0 Å². The highest BCUT2D eigenvalue weighted by Gasteiger charge is 2.31. The van der Waals surface area contributed by atoms with Crippen LogP contribution < -0.4 is 0 Å². The van der Waals surface area contributed by atoms with Crippen molar-refractivity contribution >= 4 is 34.9 Å². The van der Waals surface area contributed by atoms with Crippen LogP contribution in [0, 0.1) is 0 Å². The molecule has 18 heavy (non-hydrogen) atoms. The number of nitrogens with zero attached hydrogens (tertiary/aromatic N) is 1. The Balaban J connectivity index is 4.55. The highest BCUT2D eigenvalue weighted by atomic mass is 127. The van der Waals surface area contributed by atoms with E-state index in [1.807, 2.05) is 0 Å². The third-order valence-corrected chi connectivity index (χ3v) is 2.89. The summed E-state index contributed by atoms with van der Waals surface area (Å²) in [5, 5.41) is 0. The first-order valence-electron chi connectivity index (χ1n) is 5.74. The zero-order chi connectivity index (χ0) is 14.7. The Morgan fingerprint density at radius 1 is 1.00 bits per heavy atom.